The summed E-state index contributed by atoms with van der Waals surface area (Å²) in [5.74, 6) is -0.922. The third-order valence-electron chi connectivity index (χ3n) is 3.91. The van der Waals surface area contributed by atoms with Crippen LogP contribution in [0.4, 0.5) is 0 Å². The Kier molecular flexibility index (Phi) is 6.62. The number of aryl methyl sites for hydroxylation is 1. The molecular weight excluding hydrogens is 364 g/mol. The molecule has 0 aliphatic rings. The lowest BCUT2D eigenvalue weighted by Crippen LogP contribution is -2.32. The lowest BCUT2D eigenvalue weighted by atomic mass is 10.1. The number of nitrogens with zero attached hydrogens (tertiary/aromatic N) is 2. The second-order valence-electron chi connectivity index (χ2n) is 6.19. The first-order chi connectivity index (χ1) is 14.1. The molecule has 0 aliphatic heterocycles. The van der Waals surface area contributed by atoms with Gasteiger partial charge in [0.2, 0.25) is 0 Å². The van der Waals surface area contributed by atoms with Gasteiger partial charge in [-0.3, -0.25) is 14.6 Å². The minimum absolute atomic E-state index is 0.0828. The summed E-state index contributed by atoms with van der Waals surface area (Å²) in [4.78, 5) is 29.4. The Morgan fingerprint density at radius 2 is 1.59 bits per heavy atom. The van der Waals surface area contributed by atoms with Crippen molar-refractivity contribution in [2.24, 2.45) is 5.10 Å². The number of aromatic nitrogens is 1. The van der Waals surface area contributed by atoms with Crippen molar-refractivity contribution in [2.75, 3.05) is 0 Å². The molecule has 6 heteroatoms. The van der Waals surface area contributed by atoms with Crippen molar-refractivity contribution in [3.8, 4) is 0 Å². The van der Waals surface area contributed by atoms with Crippen molar-refractivity contribution >= 4 is 24.1 Å². The van der Waals surface area contributed by atoms with Crippen molar-refractivity contribution in [2.45, 2.75) is 6.92 Å². The van der Waals surface area contributed by atoms with E-state index in [-0.39, 0.29) is 11.6 Å². The monoisotopic (exact) mass is 384 g/mol. The molecule has 2 amide bonds. The molecule has 0 unspecified atom stereocenters. The second-order valence-corrected chi connectivity index (χ2v) is 6.19. The highest BCUT2D eigenvalue weighted by Crippen LogP contribution is 2.07. The van der Waals surface area contributed by atoms with Crippen molar-refractivity contribution in [1.82, 2.24) is 15.7 Å². The Morgan fingerprint density at radius 1 is 0.897 bits per heavy atom. The van der Waals surface area contributed by atoms with Crippen LogP contribution in [0.1, 0.15) is 27.3 Å². The van der Waals surface area contributed by atoms with E-state index in [1.165, 1.54) is 6.21 Å². The van der Waals surface area contributed by atoms with Crippen LogP contribution in [-0.2, 0) is 4.79 Å². The molecule has 1 heterocycles. The molecule has 1 aromatic heterocycles. The van der Waals surface area contributed by atoms with E-state index in [2.05, 4.69) is 20.8 Å². The molecule has 0 atom stereocenters. The fourth-order valence-electron chi connectivity index (χ4n) is 2.51. The summed E-state index contributed by atoms with van der Waals surface area (Å²) < 4.78 is 0. The summed E-state index contributed by atoms with van der Waals surface area (Å²) in [7, 11) is 0. The third kappa shape index (κ3) is 5.97. The summed E-state index contributed by atoms with van der Waals surface area (Å²) in [5, 5.41) is 6.61. The molecule has 6 nitrogen and oxygen atoms in total. The van der Waals surface area contributed by atoms with E-state index in [0.29, 0.717) is 11.3 Å². The smallest absolute Gasteiger partial charge is 0.287 e. The lowest BCUT2D eigenvalue weighted by Gasteiger charge is -2.09. The van der Waals surface area contributed by atoms with E-state index in [4.69, 9.17) is 0 Å². The van der Waals surface area contributed by atoms with Gasteiger partial charge in [-0.1, -0.05) is 54.6 Å². The summed E-state index contributed by atoms with van der Waals surface area (Å²) >= 11 is 0. The predicted molar refractivity (Wildman–Crippen MR) is 113 cm³/mol. The first-order valence-corrected chi connectivity index (χ1v) is 9.02. The number of carbonyl (C=O) groups is 2. The van der Waals surface area contributed by atoms with Gasteiger partial charge in [0.25, 0.3) is 11.8 Å². The molecule has 0 saturated carbocycles. The topological polar surface area (TPSA) is 83.5 Å². The molecular formula is C23H20N4O2. The highest BCUT2D eigenvalue weighted by Gasteiger charge is 2.14. The van der Waals surface area contributed by atoms with Gasteiger partial charge in [-0.25, -0.2) is 5.43 Å². The zero-order chi connectivity index (χ0) is 20.5. The number of pyridine rings is 1. The average Bonchev–Trinajstić information content (AvgIpc) is 2.74. The van der Waals surface area contributed by atoms with Gasteiger partial charge in [0, 0.05) is 11.3 Å². The largest absolute Gasteiger partial charge is 0.317 e. The number of nitrogens with one attached hydrogen (secondary N) is 2. The van der Waals surface area contributed by atoms with Crippen LogP contribution in [0.15, 0.2) is 89.7 Å². The van der Waals surface area contributed by atoms with Crippen molar-refractivity contribution in [3.05, 3.63) is 107 Å². The van der Waals surface area contributed by atoms with Gasteiger partial charge < -0.3 is 5.32 Å². The first kappa shape index (κ1) is 19.7. The van der Waals surface area contributed by atoms with Crippen LogP contribution >= 0.6 is 0 Å². The summed E-state index contributed by atoms with van der Waals surface area (Å²) in [6, 6.07) is 23.4. The van der Waals surface area contributed by atoms with Gasteiger partial charge in [-0.15, -0.1) is 0 Å². The van der Waals surface area contributed by atoms with Gasteiger partial charge in [0.05, 0.1) is 11.9 Å². The van der Waals surface area contributed by atoms with E-state index < -0.39 is 5.91 Å². The molecule has 0 fully saturated rings. The average molecular weight is 384 g/mol. The maximum Gasteiger partial charge on any atom is 0.287 e. The van der Waals surface area contributed by atoms with Crippen molar-refractivity contribution < 1.29 is 9.59 Å². The molecule has 3 rings (SSSR count). The third-order valence-corrected chi connectivity index (χ3v) is 3.91. The normalized spacial score (nSPS) is 11.3. The van der Waals surface area contributed by atoms with Gasteiger partial charge >= 0.3 is 0 Å². The molecule has 0 spiro atoms. The van der Waals surface area contributed by atoms with Gasteiger partial charge in [-0.05, 0) is 42.8 Å². The molecule has 2 N–H and O–H groups in total. The Hall–Kier alpha value is -4.06. The van der Waals surface area contributed by atoms with Crippen LogP contribution in [0.5, 0.6) is 0 Å². The maximum atomic E-state index is 12.6. The van der Waals surface area contributed by atoms with E-state index in [1.807, 2.05) is 55.5 Å². The number of hydrogen-bond donors (Lipinski definition) is 2. The molecule has 0 bridgehead atoms. The Balaban J connectivity index is 1.77. The number of benzene rings is 2. The van der Waals surface area contributed by atoms with E-state index in [9.17, 15) is 9.59 Å². The number of amides is 2. The van der Waals surface area contributed by atoms with Gasteiger partial charge in [0.15, 0.2) is 0 Å². The van der Waals surface area contributed by atoms with Gasteiger partial charge in [-0.2, -0.15) is 5.10 Å². The highest BCUT2D eigenvalue weighted by atomic mass is 16.2. The van der Waals surface area contributed by atoms with Crippen molar-refractivity contribution in [1.29, 1.82) is 0 Å². The number of carbonyl (C=O) groups excluding carboxylic acids is 2. The number of hydrazone groups is 1. The Morgan fingerprint density at radius 3 is 2.28 bits per heavy atom. The standard InChI is InChI=1S/C23H20N4O2/c1-17-9-8-14-20(25-17)16-24-27-23(29)21(15-18-10-4-2-5-11-18)26-22(28)19-12-6-3-7-13-19/h2-16H,1H3,(H,26,28)(H,27,29). The minimum atomic E-state index is -0.540. The van der Waals surface area contributed by atoms with Crippen LogP contribution in [0.2, 0.25) is 0 Å². The summed E-state index contributed by atoms with van der Waals surface area (Å²) in [6.07, 6.45) is 3.04. The molecule has 0 radical (unpaired) electrons. The SMILES string of the molecule is Cc1cccc(C=NNC(=O)C(=Cc2ccccc2)NC(=O)c2ccccc2)n1. The highest BCUT2D eigenvalue weighted by molar-refractivity contribution is 6.05. The van der Waals surface area contributed by atoms with E-state index in [1.54, 1.807) is 36.4 Å². The van der Waals surface area contributed by atoms with Crippen LogP contribution in [0.25, 0.3) is 6.08 Å². The zero-order valence-corrected chi connectivity index (χ0v) is 15.9. The number of rotatable bonds is 6. The predicted octanol–water partition coefficient (Wildman–Crippen LogP) is 3.31. The van der Waals surface area contributed by atoms with Gasteiger partial charge in [0.1, 0.15) is 5.70 Å². The second kappa shape index (κ2) is 9.75. The van der Waals surface area contributed by atoms with Crippen LogP contribution in [0.3, 0.4) is 0 Å². The molecule has 0 aliphatic carbocycles. The van der Waals surface area contributed by atoms with Crippen LogP contribution < -0.4 is 10.7 Å². The fourth-order valence-corrected chi connectivity index (χ4v) is 2.51. The quantitative estimate of drug-likeness (QED) is 0.389. The molecule has 0 saturated heterocycles. The minimum Gasteiger partial charge on any atom is -0.317 e. The zero-order valence-electron chi connectivity index (χ0n) is 15.9. The fraction of sp³-hybridized carbons (Fsp3) is 0.0435. The first-order valence-electron chi connectivity index (χ1n) is 9.02. The summed E-state index contributed by atoms with van der Waals surface area (Å²) in [6.45, 7) is 1.87. The van der Waals surface area contributed by atoms with Crippen LogP contribution in [0, 0.1) is 6.92 Å². The van der Waals surface area contributed by atoms with Crippen molar-refractivity contribution in [3.63, 3.8) is 0 Å². The Labute approximate surface area is 169 Å². The maximum absolute atomic E-state index is 12.6. The Bertz CT molecular complexity index is 1040. The molecule has 29 heavy (non-hydrogen) atoms. The number of hydrogen-bond acceptors (Lipinski definition) is 4. The van der Waals surface area contributed by atoms with E-state index in [0.717, 1.165) is 11.3 Å². The molecule has 3 aromatic rings. The van der Waals surface area contributed by atoms with Crippen LogP contribution in [-0.4, -0.2) is 23.0 Å². The lowest BCUT2D eigenvalue weighted by molar-refractivity contribution is -0.117. The molecule has 144 valence electrons. The van der Waals surface area contributed by atoms with E-state index >= 15 is 0 Å². The molecule has 2 aromatic carbocycles. The summed E-state index contributed by atoms with van der Waals surface area (Å²) in [5.41, 5.74) is 5.21.